The van der Waals surface area contributed by atoms with Gasteiger partial charge in [-0.05, 0) is 77.4 Å². The van der Waals surface area contributed by atoms with Crippen molar-refractivity contribution in [3.8, 4) is 5.75 Å². The van der Waals surface area contributed by atoms with Crippen molar-refractivity contribution in [3.63, 3.8) is 0 Å². The Morgan fingerprint density at radius 3 is 1.89 bits per heavy atom. The number of benzene rings is 5. The summed E-state index contributed by atoms with van der Waals surface area (Å²) < 4.78 is 60.6. The van der Waals surface area contributed by atoms with Crippen LogP contribution in [0.1, 0.15) is 22.7 Å². The lowest BCUT2D eigenvalue weighted by atomic mass is 10.0. The van der Waals surface area contributed by atoms with Crippen LogP contribution in [-0.2, 0) is 32.7 Å². The standard InChI is InChI=1S/C36H31F2N3O5S/c37-29-13-11-27(12-14-29)24-41(35(28-9-5-2-6-10-28)36(43)39-23-26-7-3-1-4-8-26)34(42)25-46-32-19-21-33(22-20-32)47(44,45)40-31-17-15-30(38)16-18-31/h1-22,35,40H,23-25H2,(H,39,43)/t35-/m0/s1. The molecule has 0 fully saturated rings. The Hall–Kier alpha value is -5.55. The first kappa shape index (κ1) is 32.8. The normalized spacial score (nSPS) is 11.7. The van der Waals surface area contributed by atoms with Gasteiger partial charge in [0.05, 0.1) is 4.90 Å². The van der Waals surface area contributed by atoms with E-state index in [0.29, 0.717) is 11.1 Å². The molecule has 8 nitrogen and oxygen atoms in total. The van der Waals surface area contributed by atoms with Gasteiger partial charge in [0.25, 0.3) is 15.9 Å². The van der Waals surface area contributed by atoms with Crippen LogP contribution in [0.3, 0.4) is 0 Å². The van der Waals surface area contributed by atoms with E-state index in [1.165, 1.54) is 53.4 Å². The molecule has 0 aliphatic carbocycles. The summed E-state index contributed by atoms with van der Waals surface area (Å²) in [5, 5.41) is 2.93. The van der Waals surface area contributed by atoms with E-state index in [0.717, 1.165) is 17.7 Å². The van der Waals surface area contributed by atoms with Crippen LogP contribution in [-0.4, -0.2) is 31.7 Å². The minimum atomic E-state index is -3.98. The van der Waals surface area contributed by atoms with Crippen LogP contribution in [0.4, 0.5) is 14.5 Å². The summed E-state index contributed by atoms with van der Waals surface area (Å²) in [4.78, 5) is 28.9. The van der Waals surface area contributed by atoms with Gasteiger partial charge in [0.15, 0.2) is 6.61 Å². The lowest BCUT2D eigenvalue weighted by molar-refractivity contribution is -0.143. The number of hydrogen-bond donors (Lipinski definition) is 2. The molecule has 11 heteroatoms. The molecule has 5 rings (SSSR count). The number of hydrogen-bond acceptors (Lipinski definition) is 5. The van der Waals surface area contributed by atoms with Crippen molar-refractivity contribution in [1.29, 1.82) is 0 Å². The molecule has 5 aromatic rings. The summed E-state index contributed by atoms with van der Waals surface area (Å²) in [6, 6.07) is 33.1. The fourth-order valence-corrected chi connectivity index (χ4v) is 5.83. The Morgan fingerprint density at radius 2 is 1.28 bits per heavy atom. The molecule has 47 heavy (non-hydrogen) atoms. The highest BCUT2D eigenvalue weighted by Gasteiger charge is 2.32. The minimum absolute atomic E-state index is 0.0208. The zero-order valence-electron chi connectivity index (χ0n) is 25.1. The lowest BCUT2D eigenvalue weighted by Gasteiger charge is -2.31. The maximum atomic E-state index is 13.8. The van der Waals surface area contributed by atoms with E-state index in [1.807, 2.05) is 30.3 Å². The summed E-state index contributed by atoms with van der Waals surface area (Å²) in [6.45, 7) is -0.257. The van der Waals surface area contributed by atoms with E-state index in [-0.39, 0.29) is 29.4 Å². The third-order valence-electron chi connectivity index (χ3n) is 7.16. The van der Waals surface area contributed by atoms with E-state index >= 15 is 0 Å². The molecule has 1 atom stereocenters. The predicted octanol–water partition coefficient (Wildman–Crippen LogP) is 6.23. The molecule has 0 aromatic heterocycles. The fourth-order valence-electron chi connectivity index (χ4n) is 4.77. The van der Waals surface area contributed by atoms with Crippen molar-refractivity contribution in [2.24, 2.45) is 0 Å². The average Bonchev–Trinajstić information content (AvgIpc) is 3.09. The Bertz CT molecular complexity index is 1890. The van der Waals surface area contributed by atoms with Crippen LogP contribution in [0.25, 0.3) is 0 Å². The largest absolute Gasteiger partial charge is 0.484 e. The van der Waals surface area contributed by atoms with Gasteiger partial charge >= 0.3 is 0 Å². The number of anilines is 1. The van der Waals surface area contributed by atoms with Crippen LogP contribution >= 0.6 is 0 Å². The summed E-state index contributed by atoms with van der Waals surface area (Å²) in [6.07, 6.45) is 0. The van der Waals surface area contributed by atoms with Crippen molar-refractivity contribution >= 4 is 27.5 Å². The van der Waals surface area contributed by atoms with Crippen molar-refractivity contribution < 1.29 is 31.5 Å². The lowest BCUT2D eigenvalue weighted by Crippen LogP contribution is -2.45. The van der Waals surface area contributed by atoms with E-state index in [9.17, 15) is 26.8 Å². The number of halogens is 2. The zero-order chi connectivity index (χ0) is 33.2. The van der Waals surface area contributed by atoms with E-state index < -0.39 is 46.1 Å². The molecule has 2 amide bonds. The molecule has 0 aliphatic rings. The maximum absolute atomic E-state index is 13.8. The molecule has 0 bridgehead atoms. The average molecular weight is 656 g/mol. The minimum Gasteiger partial charge on any atom is -0.484 e. The van der Waals surface area contributed by atoms with Gasteiger partial charge in [0.2, 0.25) is 5.91 Å². The van der Waals surface area contributed by atoms with Gasteiger partial charge < -0.3 is 15.0 Å². The van der Waals surface area contributed by atoms with Crippen molar-refractivity contribution in [2.45, 2.75) is 24.0 Å². The van der Waals surface area contributed by atoms with Gasteiger partial charge in [-0.1, -0.05) is 72.8 Å². The second kappa shape index (κ2) is 15.2. The summed E-state index contributed by atoms with van der Waals surface area (Å²) in [7, 11) is -3.98. The van der Waals surface area contributed by atoms with Crippen LogP contribution in [0.5, 0.6) is 5.75 Å². The number of nitrogens with zero attached hydrogens (tertiary/aromatic N) is 1. The van der Waals surface area contributed by atoms with Gasteiger partial charge in [-0.25, -0.2) is 17.2 Å². The van der Waals surface area contributed by atoms with Crippen molar-refractivity contribution in [3.05, 3.63) is 162 Å². The zero-order valence-corrected chi connectivity index (χ0v) is 25.9. The number of ether oxygens (including phenoxy) is 1. The third-order valence-corrected chi connectivity index (χ3v) is 8.56. The Labute approximate surface area is 271 Å². The van der Waals surface area contributed by atoms with Crippen LogP contribution in [0.2, 0.25) is 0 Å². The summed E-state index contributed by atoms with van der Waals surface area (Å²) in [5.41, 5.74) is 2.24. The number of sulfonamides is 1. The van der Waals surface area contributed by atoms with Crippen molar-refractivity contribution in [1.82, 2.24) is 10.2 Å². The summed E-state index contributed by atoms with van der Waals surface area (Å²) in [5.74, 6) is -1.67. The molecule has 0 heterocycles. The third kappa shape index (κ3) is 9.01. The van der Waals surface area contributed by atoms with Crippen LogP contribution in [0.15, 0.2) is 138 Å². The molecule has 2 N–H and O–H groups in total. The molecule has 0 radical (unpaired) electrons. The fraction of sp³-hybridized carbons (Fsp3) is 0.111. The maximum Gasteiger partial charge on any atom is 0.261 e. The molecule has 0 unspecified atom stereocenters. The number of carbonyl (C=O) groups is 2. The number of rotatable bonds is 13. The number of nitrogens with one attached hydrogen (secondary N) is 2. The first-order valence-electron chi connectivity index (χ1n) is 14.6. The predicted molar refractivity (Wildman–Crippen MR) is 174 cm³/mol. The van der Waals surface area contributed by atoms with Gasteiger partial charge in [-0.3, -0.25) is 14.3 Å². The second-order valence-electron chi connectivity index (χ2n) is 10.5. The summed E-state index contributed by atoms with van der Waals surface area (Å²) >= 11 is 0. The molecule has 240 valence electrons. The van der Waals surface area contributed by atoms with Gasteiger partial charge in [-0.2, -0.15) is 0 Å². The van der Waals surface area contributed by atoms with E-state index in [2.05, 4.69) is 10.0 Å². The molecule has 0 aliphatic heterocycles. The Kier molecular flexibility index (Phi) is 10.6. The number of amides is 2. The van der Waals surface area contributed by atoms with E-state index in [1.54, 1.807) is 42.5 Å². The van der Waals surface area contributed by atoms with Crippen LogP contribution in [0, 0.1) is 11.6 Å². The van der Waals surface area contributed by atoms with Gasteiger partial charge in [0, 0.05) is 18.8 Å². The first-order valence-corrected chi connectivity index (χ1v) is 16.1. The molecule has 0 saturated heterocycles. The molecule has 5 aromatic carbocycles. The topological polar surface area (TPSA) is 105 Å². The molecular weight excluding hydrogens is 624 g/mol. The highest BCUT2D eigenvalue weighted by molar-refractivity contribution is 7.92. The van der Waals surface area contributed by atoms with E-state index in [4.69, 9.17) is 4.74 Å². The second-order valence-corrected chi connectivity index (χ2v) is 12.2. The molecular formula is C36H31F2N3O5S. The smallest absolute Gasteiger partial charge is 0.261 e. The monoisotopic (exact) mass is 655 g/mol. The van der Waals surface area contributed by atoms with Crippen molar-refractivity contribution in [2.75, 3.05) is 11.3 Å². The van der Waals surface area contributed by atoms with Gasteiger partial charge in [0.1, 0.15) is 23.4 Å². The number of carbonyl (C=O) groups excluding carboxylic acids is 2. The highest BCUT2D eigenvalue weighted by Crippen LogP contribution is 2.25. The molecule has 0 saturated carbocycles. The highest BCUT2D eigenvalue weighted by atomic mass is 32.2. The Morgan fingerprint density at radius 1 is 0.702 bits per heavy atom. The molecule has 0 spiro atoms. The van der Waals surface area contributed by atoms with Crippen LogP contribution < -0.4 is 14.8 Å². The Balaban J connectivity index is 1.35. The van der Waals surface area contributed by atoms with Gasteiger partial charge in [-0.15, -0.1) is 0 Å². The quantitative estimate of drug-likeness (QED) is 0.157. The SMILES string of the molecule is O=C(NCc1ccccc1)[C@H](c1ccccc1)N(Cc1ccc(F)cc1)C(=O)COc1ccc(S(=O)(=O)Nc2ccc(F)cc2)cc1. The first-order chi connectivity index (χ1) is 22.7.